The highest BCUT2D eigenvalue weighted by Crippen LogP contribution is 2.15. The monoisotopic (exact) mass is 347 g/mol. The molecule has 0 aliphatic heterocycles. The van der Waals surface area contributed by atoms with Gasteiger partial charge in [0.15, 0.2) is 9.84 Å². The van der Waals surface area contributed by atoms with Gasteiger partial charge in [-0.1, -0.05) is 15.9 Å². The Kier molecular flexibility index (Phi) is 5.15. The van der Waals surface area contributed by atoms with Crippen LogP contribution in [0.1, 0.15) is 24.2 Å². The molecule has 0 saturated carbocycles. The summed E-state index contributed by atoms with van der Waals surface area (Å²) in [5.41, 5.74) is 0.540. The number of halogens is 1. The molecule has 0 aromatic heterocycles. The Labute approximate surface area is 122 Å². The molecule has 19 heavy (non-hydrogen) atoms. The Balaban J connectivity index is 2.91. The normalized spacial score (nSPS) is 14.8. The lowest BCUT2D eigenvalue weighted by molar-refractivity contribution is 0.0743. The molecule has 0 saturated heterocycles. The molecule has 0 N–H and O–H groups in total. The first-order chi connectivity index (χ1) is 8.64. The van der Waals surface area contributed by atoms with Crippen LogP contribution in [0.4, 0.5) is 0 Å². The van der Waals surface area contributed by atoms with E-state index in [1.807, 2.05) is 0 Å². The molecule has 2 atom stereocenters. The summed E-state index contributed by atoms with van der Waals surface area (Å²) in [6.45, 7) is 3.35. The topological polar surface area (TPSA) is 54.5 Å². The minimum atomic E-state index is -3.17. The highest BCUT2D eigenvalue weighted by molar-refractivity contribution is 9.10. The fourth-order valence-electron chi connectivity index (χ4n) is 1.65. The molecule has 0 radical (unpaired) electrons. The number of nitrogens with zero attached hydrogens (tertiary/aromatic N) is 1. The van der Waals surface area contributed by atoms with Gasteiger partial charge in [0.1, 0.15) is 0 Å². The van der Waals surface area contributed by atoms with Crippen molar-refractivity contribution in [2.45, 2.75) is 25.1 Å². The van der Waals surface area contributed by atoms with Crippen LogP contribution in [0.3, 0.4) is 0 Å². The van der Waals surface area contributed by atoms with Crippen molar-refractivity contribution in [1.29, 1.82) is 0 Å². The van der Waals surface area contributed by atoms with Crippen molar-refractivity contribution in [3.05, 3.63) is 34.3 Å². The highest BCUT2D eigenvalue weighted by atomic mass is 79.9. The summed E-state index contributed by atoms with van der Waals surface area (Å²) < 4.78 is 24.0. The van der Waals surface area contributed by atoms with Crippen LogP contribution in [0.2, 0.25) is 0 Å². The average molecular weight is 348 g/mol. The maximum atomic E-state index is 12.2. The maximum Gasteiger partial charge on any atom is 0.253 e. The van der Waals surface area contributed by atoms with E-state index in [1.165, 1.54) is 11.2 Å². The van der Waals surface area contributed by atoms with E-state index in [2.05, 4.69) is 15.9 Å². The number of hydrogen-bond donors (Lipinski definition) is 0. The van der Waals surface area contributed by atoms with Crippen LogP contribution in [-0.4, -0.2) is 43.8 Å². The molecule has 0 heterocycles. The molecule has 0 aliphatic rings. The molecular weight excluding hydrogens is 330 g/mol. The average Bonchev–Trinajstić information content (AvgIpc) is 2.35. The summed E-state index contributed by atoms with van der Waals surface area (Å²) in [6.07, 6.45) is 1.19. The zero-order chi connectivity index (χ0) is 14.8. The summed E-state index contributed by atoms with van der Waals surface area (Å²) in [7, 11) is -1.55. The number of carbonyl (C=O) groups excluding carboxylic acids is 1. The summed E-state index contributed by atoms with van der Waals surface area (Å²) in [5, 5.41) is -0.600. The molecule has 2 unspecified atom stereocenters. The van der Waals surface area contributed by atoms with Crippen LogP contribution in [0.5, 0.6) is 0 Å². The Morgan fingerprint density at radius 2 is 1.68 bits per heavy atom. The Bertz CT molecular complexity index is 554. The fraction of sp³-hybridized carbons (Fsp3) is 0.462. The highest BCUT2D eigenvalue weighted by Gasteiger charge is 2.28. The van der Waals surface area contributed by atoms with Crippen molar-refractivity contribution < 1.29 is 13.2 Å². The Hall–Kier alpha value is -0.880. The van der Waals surface area contributed by atoms with Gasteiger partial charge in [0, 0.05) is 29.4 Å². The van der Waals surface area contributed by atoms with Crippen molar-refractivity contribution in [1.82, 2.24) is 4.90 Å². The molecule has 0 bridgehead atoms. The van der Waals surface area contributed by atoms with Crippen LogP contribution in [0, 0.1) is 0 Å². The minimum Gasteiger partial charge on any atom is -0.338 e. The van der Waals surface area contributed by atoms with Gasteiger partial charge in [0.2, 0.25) is 0 Å². The second kappa shape index (κ2) is 6.05. The van der Waals surface area contributed by atoms with Crippen LogP contribution in [-0.2, 0) is 9.84 Å². The van der Waals surface area contributed by atoms with E-state index >= 15 is 0 Å². The van der Waals surface area contributed by atoms with E-state index < -0.39 is 15.1 Å². The number of benzene rings is 1. The maximum absolute atomic E-state index is 12.2. The van der Waals surface area contributed by atoms with Gasteiger partial charge in [-0.3, -0.25) is 4.79 Å². The second-order valence-corrected chi connectivity index (χ2v) is 8.02. The van der Waals surface area contributed by atoms with Gasteiger partial charge in [0.25, 0.3) is 5.91 Å². The first kappa shape index (κ1) is 16.2. The van der Waals surface area contributed by atoms with Crippen molar-refractivity contribution in [3.8, 4) is 0 Å². The largest absolute Gasteiger partial charge is 0.338 e. The molecule has 4 nitrogen and oxygen atoms in total. The number of sulfone groups is 1. The second-order valence-electron chi connectivity index (χ2n) is 4.70. The van der Waals surface area contributed by atoms with Gasteiger partial charge in [-0.25, -0.2) is 8.42 Å². The van der Waals surface area contributed by atoms with Gasteiger partial charge >= 0.3 is 0 Å². The minimum absolute atomic E-state index is 0.185. The van der Waals surface area contributed by atoms with E-state index in [4.69, 9.17) is 0 Å². The van der Waals surface area contributed by atoms with Gasteiger partial charge in [0.05, 0.1) is 5.25 Å². The molecule has 0 spiro atoms. The summed E-state index contributed by atoms with van der Waals surface area (Å²) in [6, 6.07) is 6.60. The Morgan fingerprint density at radius 1 is 1.21 bits per heavy atom. The SMILES string of the molecule is CC(C(C)S(C)(=O)=O)N(C)C(=O)c1ccc(Br)cc1. The van der Waals surface area contributed by atoms with Gasteiger partial charge < -0.3 is 4.90 Å². The van der Waals surface area contributed by atoms with Crippen molar-refractivity contribution in [2.75, 3.05) is 13.3 Å². The molecule has 0 fully saturated rings. The van der Waals surface area contributed by atoms with Crippen molar-refractivity contribution >= 4 is 31.7 Å². The molecule has 106 valence electrons. The lowest BCUT2D eigenvalue weighted by atomic mass is 10.1. The Morgan fingerprint density at radius 3 is 2.11 bits per heavy atom. The third-order valence-electron chi connectivity index (χ3n) is 3.38. The van der Waals surface area contributed by atoms with Gasteiger partial charge in [-0.05, 0) is 38.1 Å². The number of carbonyl (C=O) groups is 1. The van der Waals surface area contributed by atoms with Crippen LogP contribution < -0.4 is 0 Å². The summed E-state index contributed by atoms with van der Waals surface area (Å²) >= 11 is 3.31. The standard InChI is InChI=1S/C13H18BrNO3S/c1-9(10(2)19(4,17)18)15(3)13(16)11-5-7-12(14)8-6-11/h5-10H,1-4H3. The molecule has 6 heteroatoms. The predicted molar refractivity (Wildman–Crippen MR) is 80.0 cm³/mol. The molecular formula is C13H18BrNO3S. The van der Waals surface area contributed by atoms with Crippen LogP contribution >= 0.6 is 15.9 Å². The van der Waals surface area contributed by atoms with Crippen LogP contribution in [0.15, 0.2) is 28.7 Å². The summed E-state index contributed by atoms with van der Waals surface area (Å²) in [4.78, 5) is 13.7. The summed E-state index contributed by atoms with van der Waals surface area (Å²) in [5.74, 6) is -0.185. The van der Waals surface area contributed by atoms with E-state index in [1.54, 1.807) is 45.2 Å². The van der Waals surface area contributed by atoms with E-state index in [-0.39, 0.29) is 11.9 Å². The van der Waals surface area contributed by atoms with E-state index in [0.717, 1.165) is 4.47 Å². The first-order valence-corrected chi connectivity index (χ1v) is 8.61. The molecule has 0 aliphatic carbocycles. The quantitative estimate of drug-likeness (QED) is 0.839. The molecule has 1 aromatic rings. The van der Waals surface area contributed by atoms with Crippen LogP contribution in [0.25, 0.3) is 0 Å². The molecule has 1 aromatic carbocycles. The third kappa shape index (κ3) is 4.04. The first-order valence-electron chi connectivity index (χ1n) is 5.86. The van der Waals surface area contributed by atoms with Crippen molar-refractivity contribution in [2.24, 2.45) is 0 Å². The van der Waals surface area contributed by atoms with Gasteiger partial charge in [-0.2, -0.15) is 0 Å². The molecule has 1 amide bonds. The number of rotatable bonds is 4. The number of amides is 1. The van der Waals surface area contributed by atoms with Gasteiger partial charge in [-0.15, -0.1) is 0 Å². The third-order valence-corrected chi connectivity index (χ3v) is 5.65. The fourth-order valence-corrected chi connectivity index (χ4v) is 2.82. The number of hydrogen-bond acceptors (Lipinski definition) is 3. The zero-order valence-corrected chi connectivity index (χ0v) is 13.8. The van der Waals surface area contributed by atoms with E-state index in [0.29, 0.717) is 5.56 Å². The lowest BCUT2D eigenvalue weighted by Gasteiger charge is -2.29. The van der Waals surface area contributed by atoms with Crippen molar-refractivity contribution in [3.63, 3.8) is 0 Å². The predicted octanol–water partition coefficient (Wildman–Crippen LogP) is 2.34. The van der Waals surface area contributed by atoms with E-state index in [9.17, 15) is 13.2 Å². The lowest BCUT2D eigenvalue weighted by Crippen LogP contribution is -2.44. The zero-order valence-electron chi connectivity index (χ0n) is 11.4. The molecule has 1 rings (SSSR count). The smallest absolute Gasteiger partial charge is 0.253 e.